The van der Waals surface area contributed by atoms with Crippen LogP contribution < -0.4 is 14.8 Å². The second-order valence-electron chi connectivity index (χ2n) is 5.79. The molecule has 0 heterocycles. The van der Waals surface area contributed by atoms with Crippen molar-refractivity contribution >= 4 is 23.2 Å². The van der Waals surface area contributed by atoms with Crippen LogP contribution in [0.2, 0.25) is 10.0 Å². The number of rotatable bonds is 8. The smallest absolute Gasteiger partial charge is 0.180 e. The lowest BCUT2D eigenvalue weighted by atomic mass is 10.2. The minimum Gasteiger partial charge on any atom is -0.490 e. The first-order valence-corrected chi connectivity index (χ1v) is 8.81. The molecule has 130 valence electrons. The van der Waals surface area contributed by atoms with E-state index in [-0.39, 0.29) is 0 Å². The van der Waals surface area contributed by atoms with Crippen molar-refractivity contribution in [3.05, 3.63) is 57.6 Å². The zero-order chi connectivity index (χ0) is 17.5. The van der Waals surface area contributed by atoms with E-state index in [9.17, 15) is 0 Å². The Morgan fingerprint density at radius 3 is 2.50 bits per heavy atom. The van der Waals surface area contributed by atoms with Crippen molar-refractivity contribution in [2.75, 3.05) is 6.61 Å². The lowest BCUT2D eigenvalue weighted by Crippen LogP contribution is -2.21. The highest BCUT2D eigenvalue weighted by atomic mass is 35.5. The van der Waals surface area contributed by atoms with Crippen LogP contribution in [0, 0.1) is 0 Å². The predicted molar refractivity (Wildman–Crippen MR) is 100 cm³/mol. The van der Waals surface area contributed by atoms with E-state index in [4.69, 9.17) is 32.7 Å². The summed E-state index contributed by atoms with van der Waals surface area (Å²) >= 11 is 12.4. The molecule has 0 aliphatic rings. The van der Waals surface area contributed by atoms with Gasteiger partial charge < -0.3 is 14.8 Å². The second-order valence-corrected chi connectivity index (χ2v) is 6.64. The lowest BCUT2D eigenvalue weighted by molar-refractivity contribution is 0.269. The summed E-state index contributed by atoms with van der Waals surface area (Å²) in [6.45, 7) is 7.80. The fourth-order valence-corrected chi connectivity index (χ4v) is 2.73. The summed E-state index contributed by atoms with van der Waals surface area (Å²) in [5, 5.41) is 4.60. The number of hydrogen-bond acceptors (Lipinski definition) is 3. The van der Waals surface area contributed by atoms with E-state index in [1.807, 2.05) is 43.3 Å². The number of benzene rings is 2. The van der Waals surface area contributed by atoms with Crippen LogP contribution in [-0.2, 0) is 13.2 Å². The van der Waals surface area contributed by atoms with Crippen molar-refractivity contribution in [2.45, 2.75) is 40.0 Å². The van der Waals surface area contributed by atoms with Crippen molar-refractivity contribution < 1.29 is 9.47 Å². The van der Waals surface area contributed by atoms with Gasteiger partial charge in [-0.1, -0.05) is 49.2 Å². The van der Waals surface area contributed by atoms with Crippen molar-refractivity contribution in [3.8, 4) is 11.5 Å². The van der Waals surface area contributed by atoms with Crippen LogP contribution in [0.15, 0.2) is 36.4 Å². The Kier molecular flexibility index (Phi) is 7.22. The molecule has 5 heteroatoms. The molecule has 3 nitrogen and oxygen atoms in total. The molecule has 2 aromatic rings. The molecule has 0 radical (unpaired) electrons. The first-order chi connectivity index (χ1) is 11.5. The topological polar surface area (TPSA) is 30.5 Å². The molecule has 0 saturated heterocycles. The van der Waals surface area contributed by atoms with Gasteiger partial charge in [-0.05, 0) is 42.3 Å². The van der Waals surface area contributed by atoms with Crippen LogP contribution in [0.5, 0.6) is 11.5 Å². The van der Waals surface area contributed by atoms with Gasteiger partial charge in [-0.2, -0.15) is 0 Å². The summed E-state index contributed by atoms with van der Waals surface area (Å²) in [4.78, 5) is 0. The zero-order valence-corrected chi connectivity index (χ0v) is 15.7. The molecule has 0 fully saturated rings. The molecule has 0 saturated carbocycles. The normalized spacial score (nSPS) is 10.9. The SMILES string of the molecule is CCOc1cc(CNC(C)C)cc(Cl)c1OCc1cccc(Cl)c1. The summed E-state index contributed by atoms with van der Waals surface area (Å²) in [5.41, 5.74) is 2.04. The van der Waals surface area contributed by atoms with E-state index in [1.165, 1.54) is 0 Å². The summed E-state index contributed by atoms with van der Waals surface area (Å²) in [6.07, 6.45) is 0. The average Bonchev–Trinajstić information content (AvgIpc) is 2.52. The summed E-state index contributed by atoms with van der Waals surface area (Å²) in [6, 6.07) is 11.8. The molecule has 0 aromatic heterocycles. The van der Waals surface area contributed by atoms with E-state index in [0.29, 0.717) is 40.8 Å². The molecule has 0 unspecified atom stereocenters. The van der Waals surface area contributed by atoms with E-state index < -0.39 is 0 Å². The van der Waals surface area contributed by atoms with Gasteiger partial charge in [-0.15, -0.1) is 0 Å². The van der Waals surface area contributed by atoms with Gasteiger partial charge >= 0.3 is 0 Å². The molecule has 2 aromatic carbocycles. The minimum absolute atomic E-state index is 0.379. The van der Waals surface area contributed by atoms with Crippen LogP contribution >= 0.6 is 23.2 Å². The highest BCUT2D eigenvalue weighted by molar-refractivity contribution is 6.32. The number of halogens is 2. The molecule has 0 bridgehead atoms. The Balaban J connectivity index is 2.17. The molecular weight excluding hydrogens is 345 g/mol. The van der Waals surface area contributed by atoms with Gasteiger partial charge in [-0.3, -0.25) is 0 Å². The number of nitrogens with one attached hydrogen (secondary N) is 1. The molecule has 24 heavy (non-hydrogen) atoms. The molecule has 0 aliphatic carbocycles. The molecule has 0 atom stereocenters. The first-order valence-electron chi connectivity index (χ1n) is 8.05. The largest absolute Gasteiger partial charge is 0.490 e. The Bertz CT molecular complexity index is 674. The molecule has 0 aliphatic heterocycles. The van der Waals surface area contributed by atoms with E-state index >= 15 is 0 Å². The Morgan fingerprint density at radius 2 is 1.83 bits per heavy atom. The van der Waals surface area contributed by atoms with Crippen LogP contribution in [0.25, 0.3) is 0 Å². The quantitative estimate of drug-likeness (QED) is 0.670. The molecule has 0 amide bonds. The summed E-state index contributed by atoms with van der Waals surface area (Å²) in [7, 11) is 0. The molecule has 2 rings (SSSR count). The van der Waals surface area contributed by atoms with Gasteiger partial charge in [0.2, 0.25) is 0 Å². The highest BCUT2D eigenvalue weighted by Crippen LogP contribution is 2.37. The Hall–Kier alpha value is -1.42. The van der Waals surface area contributed by atoms with Crippen LogP contribution in [0.4, 0.5) is 0 Å². The predicted octanol–water partition coefficient (Wildman–Crippen LogP) is 5.47. The molecule has 0 spiro atoms. The van der Waals surface area contributed by atoms with Crippen LogP contribution in [0.1, 0.15) is 31.9 Å². The average molecular weight is 368 g/mol. The van der Waals surface area contributed by atoms with Gasteiger partial charge in [0.25, 0.3) is 0 Å². The van der Waals surface area contributed by atoms with Crippen molar-refractivity contribution in [1.82, 2.24) is 5.32 Å². The summed E-state index contributed by atoms with van der Waals surface area (Å²) in [5.74, 6) is 1.22. The number of ether oxygens (including phenoxy) is 2. The van der Waals surface area contributed by atoms with Gasteiger partial charge in [-0.25, -0.2) is 0 Å². The van der Waals surface area contributed by atoms with E-state index in [2.05, 4.69) is 19.2 Å². The van der Waals surface area contributed by atoms with Gasteiger partial charge in [0.15, 0.2) is 11.5 Å². The maximum Gasteiger partial charge on any atom is 0.180 e. The highest BCUT2D eigenvalue weighted by Gasteiger charge is 2.13. The first kappa shape index (κ1) is 18.9. The van der Waals surface area contributed by atoms with Crippen molar-refractivity contribution in [2.24, 2.45) is 0 Å². The Morgan fingerprint density at radius 1 is 1.04 bits per heavy atom. The third-order valence-electron chi connectivity index (χ3n) is 3.36. The minimum atomic E-state index is 0.379. The zero-order valence-electron chi connectivity index (χ0n) is 14.2. The molecular formula is C19H23Cl2NO2. The third kappa shape index (κ3) is 5.59. The fourth-order valence-electron chi connectivity index (χ4n) is 2.23. The van der Waals surface area contributed by atoms with Crippen LogP contribution in [0.3, 0.4) is 0 Å². The lowest BCUT2D eigenvalue weighted by Gasteiger charge is -2.16. The van der Waals surface area contributed by atoms with Crippen LogP contribution in [-0.4, -0.2) is 12.6 Å². The van der Waals surface area contributed by atoms with Gasteiger partial charge in [0, 0.05) is 17.6 Å². The molecule has 1 N–H and O–H groups in total. The maximum atomic E-state index is 6.42. The number of hydrogen-bond donors (Lipinski definition) is 1. The van der Waals surface area contributed by atoms with Gasteiger partial charge in [0.05, 0.1) is 11.6 Å². The maximum absolute atomic E-state index is 6.42. The van der Waals surface area contributed by atoms with E-state index in [1.54, 1.807) is 0 Å². The fraction of sp³-hybridized carbons (Fsp3) is 0.368. The monoisotopic (exact) mass is 367 g/mol. The van der Waals surface area contributed by atoms with Gasteiger partial charge in [0.1, 0.15) is 6.61 Å². The Labute approximate surface area is 153 Å². The van der Waals surface area contributed by atoms with Crippen molar-refractivity contribution in [1.29, 1.82) is 0 Å². The second kappa shape index (κ2) is 9.16. The van der Waals surface area contributed by atoms with E-state index in [0.717, 1.165) is 17.7 Å². The summed E-state index contributed by atoms with van der Waals surface area (Å²) < 4.78 is 11.6. The third-order valence-corrected chi connectivity index (χ3v) is 3.87. The standard InChI is InChI=1S/C19H23Cl2NO2/c1-4-23-18-10-15(11-22-13(2)3)9-17(21)19(18)24-12-14-6-5-7-16(20)8-14/h5-10,13,22H,4,11-12H2,1-3H3. The van der Waals surface area contributed by atoms with Crippen molar-refractivity contribution in [3.63, 3.8) is 0 Å².